The molecule has 1 aromatic carbocycles. The fourth-order valence-electron chi connectivity index (χ4n) is 11.1. The summed E-state index contributed by atoms with van der Waals surface area (Å²) in [5, 5.41) is 23.4. The zero-order chi connectivity index (χ0) is 28.8. The van der Waals surface area contributed by atoms with Crippen LogP contribution in [-0.2, 0) is 4.79 Å². The zero-order valence-corrected chi connectivity index (χ0v) is 24.6. The molecule has 2 bridgehead atoms. The number of likely N-dealkylation sites (tertiary alicyclic amines) is 1. The Morgan fingerprint density at radius 2 is 1.59 bits per heavy atom. The van der Waals surface area contributed by atoms with Crippen LogP contribution in [0.3, 0.4) is 0 Å². The predicted molar refractivity (Wildman–Crippen MR) is 158 cm³/mol. The number of nitrogens with two attached hydrogens (primary N) is 1. The molecule has 4 fully saturated rings. The molecular formula is C35H46N2O4. The number of ketones is 1. The summed E-state index contributed by atoms with van der Waals surface area (Å²) in [6.07, 6.45) is 14.1. The third-order valence-corrected chi connectivity index (χ3v) is 13.5. The Hall–Kier alpha value is -2.28. The fraction of sp³-hybridized carbons (Fsp3) is 0.657. The number of piperidine rings is 1. The van der Waals surface area contributed by atoms with Gasteiger partial charge in [0.05, 0.1) is 11.7 Å². The van der Waals surface area contributed by atoms with E-state index in [1.54, 1.807) is 0 Å². The molecular weight excluding hydrogens is 512 g/mol. The van der Waals surface area contributed by atoms with Gasteiger partial charge in [0.2, 0.25) is 5.91 Å². The van der Waals surface area contributed by atoms with Crippen LogP contribution in [0, 0.1) is 39.4 Å². The van der Waals surface area contributed by atoms with E-state index in [9.17, 15) is 19.8 Å². The standard InChI is InChI=1S/C35H46N2O4/c1-31-13-8-25(38)20-33(31)16-17-35(26(21-33)29(39)23-6-4-3-5-7-23)27(31)9-14-32(2)28(35)10-15-34(32,41)22-37-18-11-24(12-19-37)30(36)40/h3-7,16-17,21,24-25,27-28,38,41H,8-15,18-20,22H2,1-2H3,(H2,36,40). The van der Waals surface area contributed by atoms with Gasteiger partial charge in [0.25, 0.3) is 0 Å². The van der Waals surface area contributed by atoms with Crippen molar-refractivity contribution < 1.29 is 19.8 Å². The third-order valence-electron chi connectivity index (χ3n) is 13.5. The number of primary amides is 1. The Labute approximate surface area is 244 Å². The second-order valence-corrected chi connectivity index (χ2v) is 15.0. The minimum absolute atomic E-state index is 0.0277. The lowest BCUT2D eigenvalue weighted by Crippen LogP contribution is -2.67. The van der Waals surface area contributed by atoms with Crippen molar-refractivity contribution in [3.63, 3.8) is 0 Å². The summed E-state index contributed by atoms with van der Waals surface area (Å²) in [4.78, 5) is 28.6. The van der Waals surface area contributed by atoms with E-state index in [2.05, 4.69) is 37.0 Å². The van der Waals surface area contributed by atoms with Gasteiger partial charge in [-0.25, -0.2) is 0 Å². The lowest BCUT2D eigenvalue weighted by molar-refractivity contribution is -0.177. The van der Waals surface area contributed by atoms with Crippen LogP contribution < -0.4 is 5.73 Å². The molecule has 1 heterocycles. The largest absolute Gasteiger partial charge is 0.393 e. The van der Waals surface area contributed by atoms with Crippen LogP contribution in [0.1, 0.15) is 82.0 Å². The summed E-state index contributed by atoms with van der Waals surface area (Å²) in [6.45, 7) is 6.90. The van der Waals surface area contributed by atoms with Crippen molar-refractivity contribution in [2.45, 2.75) is 83.3 Å². The average Bonchev–Trinajstić information content (AvgIpc) is 3.23. The highest BCUT2D eigenvalue weighted by atomic mass is 16.3. The molecule has 220 valence electrons. The van der Waals surface area contributed by atoms with Gasteiger partial charge < -0.3 is 20.8 Å². The second-order valence-electron chi connectivity index (χ2n) is 15.0. The van der Waals surface area contributed by atoms with Gasteiger partial charge in [0, 0.05) is 39.8 Å². The maximum atomic E-state index is 14.5. The van der Waals surface area contributed by atoms with E-state index in [4.69, 9.17) is 5.73 Å². The molecule has 8 unspecified atom stereocenters. The first-order valence-corrected chi connectivity index (χ1v) is 15.9. The van der Waals surface area contributed by atoms with Gasteiger partial charge in [-0.2, -0.15) is 0 Å². The van der Waals surface area contributed by atoms with Gasteiger partial charge in [-0.05, 0) is 88.1 Å². The van der Waals surface area contributed by atoms with Crippen molar-refractivity contribution in [3.8, 4) is 0 Å². The number of aliphatic hydroxyl groups excluding tert-OH is 1. The Bertz CT molecular complexity index is 1320. The fourth-order valence-corrected chi connectivity index (χ4v) is 11.1. The molecule has 1 aromatic rings. The predicted octanol–water partition coefficient (Wildman–Crippen LogP) is 4.66. The monoisotopic (exact) mass is 558 g/mol. The van der Waals surface area contributed by atoms with E-state index in [1.807, 2.05) is 30.3 Å². The number of carbonyl (C=O) groups excluding carboxylic acids is 2. The summed E-state index contributed by atoms with van der Waals surface area (Å²) in [5.74, 6) is 0.279. The Balaban J connectivity index is 1.29. The van der Waals surface area contributed by atoms with Gasteiger partial charge in [0.15, 0.2) is 5.78 Å². The van der Waals surface area contributed by atoms with E-state index >= 15 is 0 Å². The van der Waals surface area contributed by atoms with Crippen molar-refractivity contribution in [3.05, 3.63) is 59.7 Å². The number of β-amino-alcohol motifs (C(OH)–C–C–N with tert-alkyl or cyclic N) is 1. The van der Waals surface area contributed by atoms with Crippen LogP contribution in [0.5, 0.6) is 0 Å². The minimum Gasteiger partial charge on any atom is -0.393 e. The summed E-state index contributed by atoms with van der Waals surface area (Å²) in [5.41, 5.74) is 5.25. The highest BCUT2D eigenvalue weighted by Gasteiger charge is 2.74. The molecule has 41 heavy (non-hydrogen) atoms. The van der Waals surface area contributed by atoms with Crippen molar-refractivity contribution >= 4 is 11.7 Å². The van der Waals surface area contributed by atoms with Crippen molar-refractivity contribution in [2.24, 2.45) is 45.1 Å². The summed E-state index contributed by atoms with van der Waals surface area (Å²) >= 11 is 0. The molecule has 7 aliphatic rings. The number of allylic oxidation sites excluding steroid dienone is 4. The van der Waals surface area contributed by atoms with Gasteiger partial charge in [0.1, 0.15) is 0 Å². The maximum absolute atomic E-state index is 14.5. The van der Waals surface area contributed by atoms with Crippen molar-refractivity contribution in [1.29, 1.82) is 0 Å². The molecule has 4 N–H and O–H groups in total. The van der Waals surface area contributed by atoms with E-state index < -0.39 is 11.0 Å². The molecule has 0 aromatic heterocycles. The van der Waals surface area contributed by atoms with Gasteiger partial charge in [-0.3, -0.25) is 9.59 Å². The quantitative estimate of drug-likeness (QED) is 0.360. The number of nitrogens with zero attached hydrogens (tertiary/aromatic N) is 1. The van der Waals surface area contributed by atoms with Crippen LogP contribution in [0.2, 0.25) is 0 Å². The van der Waals surface area contributed by atoms with E-state index in [0.717, 1.165) is 75.6 Å². The molecule has 8 rings (SSSR count). The first-order valence-electron chi connectivity index (χ1n) is 15.9. The molecule has 6 aliphatic carbocycles. The van der Waals surface area contributed by atoms with Gasteiger partial charge in [-0.15, -0.1) is 0 Å². The highest BCUT2D eigenvalue weighted by Crippen LogP contribution is 2.78. The van der Waals surface area contributed by atoms with Crippen LogP contribution in [0.25, 0.3) is 0 Å². The number of hydrogen-bond acceptors (Lipinski definition) is 5. The molecule has 2 spiro atoms. The summed E-state index contributed by atoms with van der Waals surface area (Å²) in [6, 6.07) is 9.68. The van der Waals surface area contributed by atoms with E-state index in [0.29, 0.717) is 18.9 Å². The lowest BCUT2D eigenvalue weighted by atomic mass is 9.32. The van der Waals surface area contributed by atoms with Crippen LogP contribution in [0.15, 0.2) is 54.1 Å². The molecule has 0 radical (unpaired) electrons. The molecule has 1 amide bonds. The lowest BCUT2D eigenvalue weighted by Gasteiger charge is -2.71. The highest BCUT2D eigenvalue weighted by molar-refractivity contribution is 6.10. The maximum Gasteiger partial charge on any atom is 0.220 e. The summed E-state index contributed by atoms with van der Waals surface area (Å²) in [7, 11) is 0. The second kappa shape index (κ2) is 9.11. The van der Waals surface area contributed by atoms with Crippen molar-refractivity contribution in [1.82, 2.24) is 4.90 Å². The number of Topliss-reactive ketones (excluding diaryl/α,β-unsaturated/α-hetero) is 1. The topological polar surface area (TPSA) is 104 Å². The number of rotatable bonds is 5. The number of aliphatic hydroxyl groups is 2. The first-order chi connectivity index (χ1) is 19.5. The smallest absolute Gasteiger partial charge is 0.220 e. The number of fused-ring (bicyclic) bond motifs is 1. The van der Waals surface area contributed by atoms with Crippen LogP contribution in [-0.4, -0.2) is 58.1 Å². The SMILES string of the molecule is CC12CCC(O)CC13C=CC1(C(C(=O)c4ccccc4)=C3)C2CCC2(C)C1CCC2(O)CN1CCC(C(N)=O)CC1. The molecule has 1 aliphatic heterocycles. The molecule has 6 nitrogen and oxygen atoms in total. The van der Waals surface area contributed by atoms with Crippen LogP contribution >= 0.6 is 0 Å². The minimum atomic E-state index is -0.860. The number of hydrogen-bond donors (Lipinski definition) is 3. The summed E-state index contributed by atoms with van der Waals surface area (Å²) < 4.78 is 0. The third kappa shape index (κ3) is 3.59. The number of carbonyl (C=O) groups is 2. The number of benzene rings is 1. The Morgan fingerprint density at radius 1 is 0.927 bits per heavy atom. The Kier molecular flexibility index (Phi) is 6.12. The van der Waals surface area contributed by atoms with Crippen LogP contribution in [0.4, 0.5) is 0 Å². The van der Waals surface area contributed by atoms with E-state index in [1.165, 1.54) is 0 Å². The van der Waals surface area contributed by atoms with E-state index in [-0.39, 0.29) is 45.9 Å². The van der Waals surface area contributed by atoms with Crippen molar-refractivity contribution in [2.75, 3.05) is 19.6 Å². The molecule has 1 saturated heterocycles. The Morgan fingerprint density at radius 3 is 2.29 bits per heavy atom. The average molecular weight is 559 g/mol. The molecule has 6 heteroatoms. The normalized spacial score (nSPS) is 45.5. The van der Waals surface area contributed by atoms with Gasteiger partial charge in [-0.1, -0.05) is 62.4 Å². The molecule has 8 atom stereocenters. The first kappa shape index (κ1) is 27.5. The zero-order valence-electron chi connectivity index (χ0n) is 24.6. The number of amides is 1. The molecule has 3 saturated carbocycles. The van der Waals surface area contributed by atoms with Gasteiger partial charge >= 0.3 is 0 Å².